The average molecular weight is 205 g/mol. The standard InChI is InChI=1S/C11H15N3O/c1-7-4-5-10(15-7)11-9(6-12)14(3)8(2)13-11/h4-5H,6,12H2,1-3H3. The van der Waals surface area contributed by atoms with Gasteiger partial charge in [0.15, 0.2) is 5.76 Å². The molecule has 2 aromatic rings. The SMILES string of the molecule is Cc1ccc(-c2nc(C)n(C)c2CN)o1. The minimum Gasteiger partial charge on any atom is -0.460 e. The Bertz CT molecular complexity index is 482. The normalized spacial score (nSPS) is 10.9. The Kier molecular flexibility index (Phi) is 2.36. The van der Waals surface area contributed by atoms with Crippen LogP contribution in [0.25, 0.3) is 11.5 Å². The highest BCUT2D eigenvalue weighted by Gasteiger charge is 2.15. The van der Waals surface area contributed by atoms with Gasteiger partial charge in [0.05, 0.1) is 5.69 Å². The van der Waals surface area contributed by atoms with Crippen molar-refractivity contribution in [3.05, 3.63) is 29.4 Å². The molecule has 0 aliphatic heterocycles. The van der Waals surface area contributed by atoms with Gasteiger partial charge in [-0.15, -0.1) is 0 Å². The van der Waals surface area contributed by atoms with Crippen molar-refractivity contribution in [2.24, 2.45) is 12.8 Å². The summed E-state index contributed by atoms with van der Waals surface area (Å²) >= 11 is 0. The third-order valence-corrected chi connectivity index (χ3v) is 2.60. The molecular formula is C11H15N3O. The van der Waals surface area contributed by atoms with Crippen LogP contribution in [0.4, 0.5) is 0 Å². The van der Waals surface area contributed by atoms with Crippen LogP contribution in [0.1, 0.15) is 17.3 Å². The second-order valence-electron chi connectivity index (χ2n) is 3.63. The molecule has 4 nitrogen and oxygen atoms in total. The lowest BCUT2D eigenvalue weighted by molar-refractivity contribution is 0.546. The zero-order valence-electron chi connectivity index (χ0n) is 9.24. The fourth-order valence-electron chi connectivity index (χ4n) is 1.65. The average Bonchev–Trinajstić information content (AvgIpc) is 2.73. The summed E-state index contributed by atoms with van der Waals surface area (Å²) in [6, 6.07) is 3.86. The molecule has 0 aromatic carbocycles. The van der Waals surface area contributed by atoms with Crippen molar-refractivity contribution in [2.75, 3.05) is 0 Å². The molecule has 4 heteroatoms. The molecule has 0 unspecified atom stereocenters. The number of hydrogen-bond donors (Lipinski definition) is 1. The van der Waals surface area contributed by atoms with Gasteiger partial charge in [0, 0.05) is 13.6 Å². The number of hydrogen-bond acceptors (Lipinski definition) is 3. The second kappa shape index (κ2) is 3.55. The smallest absolute Gasteiger partial charge is 0.154 e. The van der Waals surface area contributed by atoms with Crippen LogP contribution in [0.15, 0.2) is 16.5 Å². The molecule has 2 aromatic heterocycles. The maximum Gasteiger partial charge on any atom is 0.154 e. The zero-order valence-corrected chi connectivity index (χ0v) is 9.24. The predicted octanol–water partition coefficient (Wildman–Crippen LogP) is 1.76. The minimum absolute atomic E-state index is 0.465. The van der Waals surface area contributed by atoms with Gasteiger partial charge >= 0.3 is 0 Å². The van der Waals surface area contributed by atoms with E-state index in [2.05, 4.69) is 4.98 Å². The van der Waals surface area contributed by atoms with Crippen molar-refractivity contribution in [3.63, 3.8) is 0 Å². The number of nitrogens with zero attached hydrogens (tertiary/aromatic N) is 2. The first-order valence-corrected chi connectivity index (χ1v) is 4.92. The molecule has 15 heavy (non-hydrogen) atoms. The van der Waals surface area contributed by atoms with Gasteiger partial charge in [0.2, 0.25) is 0 Å². The van der Waals surface area contributed by atoms with Gasteiger partial charge in [0.1, 0.15) is 17.3 Å². The summed E-state index contributed by atoms with van der Waals surface area (Å²) in [5.41, 5.74) is 7.56. The zero-order chi connectivity index (χ0) is 11.0. The van der Waals surface area contributed by atoms with Gasteiger partial charge in [-0.05, 0) is 26.0 Å². The Labute approximate surface area is 88.7 Å². The monoisotopic (exact) mass is 205 g/mol. The fourth-order valence-corrected chi connectivity index (χ4v) is 1.65. The van der Waals surface area contributed by atoms with E-state index < -0.39 is 0 Å². The van der Waals surface area contributed by atoms with Gasteiger partial charge in [-0.1, -0.05) is 0 Å². The molecule has 2 heterocycles. The first-order valence-electron chi connectivity index (χ1n) is 4.92. The van der Waals surface area contributed by atoms with Gasteiger partial charge < -0.3 is 14.7 Å². The van der Waals surface area contributed by atoms with Crippen LogP contribution in [0.2, 0.25) is 0 Å². The van der Waals surface area contributed by atoms with Crippen molar-refractivity contribution in [1.29, 1.82) is 0 Å². The predicted molar refractivity (Wildman–Crippen MR) is 58.3 cm³/mol. The summed E-state index contributed by atoms with van der Waals surface area (Å²) in [4.78, 5) is 4.45. The molecule has 0 spiro atoms. The number of imidazole rings is 1. The molecule has 2 rings (SSSR count). The van der Waals surface area contributed by atoms with E-state index in [1.165, 1.54) is 0 Å². The van der Waals surface area contributed by atoms with Crippen molar-refractivity contribution in [2.45, 2.75) is 20.4 Å². The van der Waals surface area contributed by atoms with E-state index in [-0.39, 0.29) is 0 Å². The fraction of sp³-hybridized carbons (Fsp3) is 0.364. The quantitative estimate of drug-likeness (QED) is 0.812. The van der Waals surface area contributed by atoms with E-state index in [0.717, 1.165) is 28.7 Å². The van der Waals surface area contributed by atoms with Crippen molar-refractivity contribution in [3.8, 4) is 11.5 Å². The molecule has 0 amide bonds. The minimum atomic E-state index is 0.465. The third kappa shape index (κ3) is 1.57. The van der Waals surface area contributed by atoms with Gasteiger partial charge in [-0.25, -0.2) is 4.98 Å². The van der Waals surface area contributed by atoms with Gasteiger partial charge in [-0.2, -0.15) is 0 Å². The summed E-state index contributed by atoms with van der Waals surface area (Å²) < 4.78 is 7.54. The van der Waals surface area contributed by atoms with Crippen LogP contribution in [0.3, 0.4) is 0 Å². The first kappa shape index (κ1) is 9.98. The molecular weight excluding hydrogens is 190 g/mol. The molecule has 0 radical (unpaired) electrons. The Morgan fingerprint density at radius 2 is 2.13 bits per heavy atom. The van der Waals surface area contributed by atoms with Crippen LogP contribution in [0, 0.1) is 13.8 Å². The summed E-state index contributed by atoms with van der Waals surface area (Å²) in [5, 5.41) is 0. The van der Waals surface area contributed by atoms with E-state index in [1.807, 2.05) is 37.6 Å². The summed E-state index contributed by atoms with van der Waals surface area (Å²) in [5.74, 6) is 2.62. The summed E-state index contributed by atoms with van der Waals surface area (Å²) in [6.45, 7) is 4.34. The van der Waals surface area contributed by atoms with E-state index >= 15 is 0 Å². The van der Waals surface area contributed by atoms with E-state index in [0.29, 0.717) is 6.54 Å². The highest BCUT2D eigenvalue weighted by Crippen LogP contribution is 2.24. The molecule has 80 valence electrons. The molecule has 0 fully saturated rings. The first-order chi connectivity index (χ1) is 7.13. The number of furan rings is 1. The molecule has 0 aliphatic carbocycles. The van der Waals surface area contributed by atoms with Crippen LogP contribution in [-0.4, -0.2) is 9.55 Å². The largest absolute Gasteiger partial charge is 0.460 e. The van der Waals surface area contributed by atoms with Gasteiger partial charge in [0.25, 0.3) is 0 Å². The molecule has 0 aliphatic rings. The Morgan fingerprint density at radius 3 is 2.67 bits per heavy atom. The van der Waals surface area contributed by atoms with Crippen molar-refractivity contribution < 1.29 is 4.42 Å². The highest BCUT2D eigenvalue weighted by molar-refractivity contribution is 5.56. The third-order valence-electron chi connectivity index (χ3n) is 2.60. The number of aryl methyl sites for hydroxylation is 2. The van der Waals surface area contributed by atoms with Crippen molar-refractivity contribution >= 4 is 0 Å². The molecule has 0 atom stereocenters. The van der Waals surface area contributed by atoms with Crippen LogP contribution < -0.4 is 5.73 Å². The van der Waals surface area contributed by atoms with Gasteiger partial charge in [-0.3, -0.25) is 0 Å². The van der Waals surface area contributed by atoms with E-state index in [1.54, 1.807) is 0 Å². The Hall–Kier alpha value is -1.55. The molecule has 0 bridgehead atoms. The lowest BCUT2D eigenvalue weighted by Gasteiger charge is -2.01. The summed E-state index contributed by atoms with van der Waals surface area (Å²) in [6.07, 6.45) is 0. The second-order valence-corrected chi connectivity index (χ2v) is 3.63. The summed E-state index contributed by atoms with van der Waals surface area (Å²) in [7, 11) is 1.96. The highest BCUT2D eigenvalue weighted by atomic mass is 16.3. The van der Waals surface area contributed by atoms with Crippen LogP contribution in [-0.2, 0) is 13.6 Å². The van der Waals surface area contributed by atoms with Crippen molar-refractivity contribution in [1.82, 2.24) is 9.55 Å². The maximum absolute atomic E-state index is 5.71. The van der Waals surface area contributed by atoms with E-state index in [4.69, 9.17) is 10.2 Å². The Balaban J connectivity index is 2.57. The number of aromatic nitrogens is 2. The maximum atomic E-state index is 5.71. The molecule has 2 N–H and O–H groups in total. The van der Waals surface area contributed by atoms with Crippen LogP contribution in [0.5, 0.6) is 0 Å². The topological polar surface area (TPSA) is 57.0 Å². The van der Waals surface area contributed by atoms with Crippen LogP contribution >= 0.6 is 0 Å². The molecule has 0 saturated carbocycles. The van der Waals surface area contributed by atoms with E-state index in [9.17, 15) is 0 Å². The lowest BCUT2D eigenvalue weighted by atomic mass is 10.2. The Morgan fingerprint density at radius 1 is 1.40 bits per heavy atom. The molecule has 0 saturated heterocycles. The number of nitrogens with two attached hydrogens (primary N) is 1. The lowest BCUT2D eigenvalue weighted by Crippen LogP contribution is -2.05. The number of rotatable bonds is 2.